The number of hydrogen-bond donors (Lipinski definition) is 1. The summed E-state index contributed by atoms with van der Waals surface area (Å²) in [6.45, 7) is 1.38. The molecule has 1 amide bonds. The molecule has 0 atom stereocenters. The third kappa shape index (κ3) is 4.86. The number of halogens is 5. The summed E-state index contributed by atoms with van der Waals surface area (Å²) in [5.74, 6) is -2.10. The van der Waals surface area contributed by atoms with E-state index in [4.69, 9.17) is 9.47 Å². The summed E-state index contributed by atoms with van der Waals surface area (Å²) >= 11 is 0. The van der Waals surface area contributed by atoms with E-state index in [1.165, 1.54) is 28.8 Å². The number of rotatable bonds is 0. The number of nitrogens with one attached hydrogen (secondary N) is 1. The fraction of sp³-hybridized carbons (Fsp3) is 0.324. The Labute approximate surface area is 271 Å². The molecule has 0 aliphatic carbocycles. The molecule has 0 radical (unpaired) electrons. The molecule has 2 spiro atoms. The van der Waals surface area contributed by atoms with E-state index in [1.807, 2.05) is 12.1 Å². The Balaban J connectivity index is 0.000000156. The third-order valence-corrected chi connectivity index (χ3v) is 9.39. The van der Waals surface area contributed by atoms with E-state index in [0.29, 0.717) is 22.8 Å². The van der Waals surface area contributed by atoms with E-state index < -0.39 is 29.1 Å². The van der Waals surface area contributed by atoms with Crippen LogP contribution in [-0.4, -0.2) is 52.3 Å². The van der Waals surface area contributed by atoms with Gasteiger partial charge in [-0.1, -0.05) is 12.1 Å². The van der Waals surface area contributed by atoms with Gasteiger partial charge in [-0.05, 0) is 61.6 Å². The standard InChI is InChI=1S/C18H13F4N3O2.C16H14FN3O/c19-12-2-1-3-13-15(12)25-11(10-23)4-5-14(25)17(27-13)6-8-24(9-7-17)16(26)18(20,21)22;17-12-2-1-3-13-15(12)20-11(10-18)4-5-14(20)16(21-13)6-8-19-9-7-16/h1-5H,6-9H2;1-5,19H,6-9H2. The predicted molar refractivity (Wildman–Crippen MR) is 159 cm³/mol. The van der Waals surface area contributed by atoms with Crippen LogP contribution in [0.2, 0.25) is 0 Å². The minimum atomic E-state index is -4.93. The van der Waals surface area contributed by atoms with Gasteiger partial charge in [-0.25, -0.2) is 8.78 Å². The fourth-order valence-corrected chi connectivity index (χ4v) is 7.15. The number of likely N-dealkylation sites (tertiary alicyclic amines) is 1. The van der Waals surface area contributed by atoms with Gasteiger partial charge in [0.05, 0.1) is 11.4 Å². The second kappa shape index (κ2) is 11.4. The molecule has 14 heteroatoms. The first-order chi connectivity index (χ1) is 23.0. The zero-order valence-electron chi connectivity index (χ0n) is 25.3. The molecule has 0 unspecified atom stereocenters. The van der Waals surface area contributed by atoms with Gasteiger partial charge in [-0.2, -0.15) is 23.7 Å². The van der Waals surface area contributed by atoms with Gasteiger partial charge in [-0.15, -0.1) is 0 Å². The van der Waals surface area contributed by atoms with Crippen LogP contribution >= 0.6 is 0 Å². The zero-order chi connectivity index (χ0) is 33.8. The van der Waals surface area contributed by atoms with Crippen molar-refractivity contribution in [3.63, 3.8) is 0 Å². The number of carbonyl (C=O) groups is 1. The van der Waals surface area contributed by atoms with Crippen molar-refractivity contribution in [3.8, 4) is 35.0 Å². The van der Waals surface area contributed by atoms with Crippen molar-refractivity contribution in [3.05, 3.63) is 95.1 Å². The number of fused-ring (bicyclic) bond motifs is 8. The molecular weight excluding hydrogens is 635 g/mol. The normalized spacial score (nSPS) is 18.0. The monoisotopic (exact) mass is 662 g/mol. The smallest absolute Gasteiger partial charge is 0.471 e. The molecule has 246 valence electrons. The molecule has 2 aromatic carbocycles. The van der Waals surface area contributed by atoms with Crippen molar-refractivity contribution in [2.24, 2.45) is 0 Å². The van der Waals surface area contributed by atoms with E-state index in [2.05, 4.69) is 11.4 Å². The molecule has 4 aliphatic rings. The number of para-hydroxylation sites is 2. The van der Waals surface area contributed by atoms with Crippen LogP contribution in [0, 0.1) is 34.3 Å². The van der Waals surface area contributed by atoms with Crippen LogP contribution in [0.5, 0.6) is 11.5 Å². The molecule has 0 bridgehead atoms. The Hall–Kier alpha value is -5.34. The number of carbonyl (C=O) groups excluding carboxylic acids is 1. The number of ether oxygens (including phenoxy) is 2. The summed E-state index contributed by atoms with van der Waals surface area (Å²) in [6, 6.07) is 20.0. The SMILES string of the molecule is N#Cc1ccc2n1-c1c(F)cccc1OC21CCN(C(=O)C(F)(F)F)CC1.N#Cc1ccc2n1-c1c(F)cccc1OC21CCNCC1. The largest absolute Gasteiger partial charge is 0.479 e. The second-order valence-corrected chi connectivity index (χ2v) is 12.0. The number of aromatic nitrogens is 2. The van der Waals surface area contributed by atoms with E-state index >= 15 is 0 Å². The van der Waals surface area contributed by atoms with Gasteiger partial charge in [-0.3, -0.25) is 13.9 Å². The van der Waals surface area contributed by atoms with E-state index in [0.717, 1.165) is 36.5 Å². The van der Waals surface area contributed by atoms with Crippen LogP contribution in [-0.2, 0) is 16.0 Å². The average Bonchev–Trinajstić information content (AvgIpc) is 3.71. The van der Waals surface area contributed by atoms with Gasteiger partial charge in [0.1, 0.15) is 46.4 Å². The Bertz CT molecular complexity index is 2010. The van der Waals surface area contributed by atoms with Crippen LogP contribution < -0.4 is 14.8 Å². The maximum Gasteiger partial charge on any atom is 0.471 e. The van der Waals surface area contributed by atoms with Gasteiger partial charge < -0.3 is 19.7 Å². The number of hydrogen-bond acceptors (Lipinski definition) is 6. The molecule has 9 nitrogen and oxygen atoms in total. The Morgan fingerprint density at radius 2 is 1.19 bits per heavy atom. The quantitative estimate of drug-likeness (QED) is 0.242. The summed E-state index contributed by atoms with van der Waals surface area (Å²) in [5.41, 5.74) is 0.963. The molecule has 8 rings (SSSR count). The predicted octanol–water partition coefficient (Wildman–Crippen LogP) is 5.72. The second-order valence-electron chi connectivity index (χ2n) is 12.0. The molecule has 1 N–H and O–H groups in total. The summed E-state index contributed by atoms with van der Waals surface area (Å²) in [7, 11) is 0. The van der Waals surface area contributed by atoms with Crippen LogP contribution in [0.1, 0.15) is 48.5 Å². The molecular formula is C34H27F5N6O3. The number of nitrogens with zero attached hydrogens (tertiary/aromatic N) is 5. The van der Waals surface area contributed by atoms with E-state index in [-0.39, 0.29) is 48.9 Å². The maximum absolute atomic E-state index is 14.4. The molecule has 0 saturated carbocycles. The van der Waals surface area contributed by atoms with Gasteiger partial charge in [0.15, 0.2) is 22.8 Å². The first-order valence-electron chi connectivity index (χ1n) is 15.3. The minimum Gasteiger partial charge on any atom is -0.479 e. The van der Waals surface area contributed by atoms with Crippen molar-refractivity contribution in [2.75, 3.05) is 26.2 Å². The van der Waals surface area contributed by atoms with E-state index in [9.17, 15) is 37.3 Å². The lowest BCUT2D eigenvalue weighted by Gasteiger charge is -2.45. The zero-order valence-corrected chi connectivity index (χ0v) is 25.3. The number of alkyl halides is 3. The van der Waals surface area contributed by atoms with Crippen molar-refractivity contribution in [1.29, 1.82) is 10.5 Å². The summed E-state index contributed by atoms with van der Waals surface area (Å²) in [5, 5.41) is 22.0. The number of nitriles is 2. The summed E-state index contributed by atoms with van der Waals surface area (Å²) in [4.78, 5) is 12.2. The van der Waals surface area contributed by atoms with Crippen molar-refractivity contribution in [1.82, 2.24) is 19.4 Å². The highest BCUT2D eigenvalue weighted by molar-refractivity contribution is 5.82. The number of amides is 1. The molecule has 6 heterocycles. The van der Waals surface area contributed by atoms with Crippen LogP contribution in [0.15, 0.2) is 60.7 Å². The lowest BCUT2D eigenvalue weighted by Crippen LogP contribution is -2.52. The highest BCUT2D eigenvalue weighted by Gasteiger charge is 2.50. The van der Waals surface area contributed by atoms with Gasteiger partial charge in [0.25, 0.3) is 0 Å². The lowest BCUT2D eigenvalue weighted by molar-refractivity contribution is -0.188. The summed E-state index contributed by atoms with van der Waals surface area (Å²) < 4.78 is 82.2. The van der Waals surface area contributed by atoms with Gasteiger partial charge in [0, 0.05) is 38.8 Å². The molecule has 2 saturated heterocycles. The Kier molecular flexibility index (Phi) is 7.44. The van der Waals surface area contributed by atoms with Crippen molar-refractivity contribution < 1.29 is 36.2 Å². The van der Waals surface area contributed by atoms with Crippen LogP contribution in [0.4, 0.5) is 22.0 Å². The highest BCUT2D eigenvalue weighted by Crippen LogP contribution is 2.48. The number of piperidine rings is 2. The number of benzene rings is 2. The lowest BCUT2D eigenvalue weighted by atomic mass is 9.86. The molecule has 4 aromatic rings. The fourth-order valence-electron chi connectivity index (χ4n) is 7.15. The van der Waals surface area contributed by atoms with Crippen LogP contribution in [0.25, 0.3) is 11.4 Å². The van der Waals surface area contributed by atoms with Gasteiger partial charge in [0.2, 0.25) is 0 Å². The Morgan fingerprint density at radius 1 is 0.729 bits per heavy atom. The average molecular weight is 663 g/mol. The molecule has 2 fully saturated rings. The highest BCUT2D eigenvalue weighted by atomic mass is 19.4. The maximum atomic E-state index is 14.4. The first-order valence-corrected chi connectivity index (χ1v) is 15.3. The van der Waals surface area contributed by atoms with Gasteiger partial charge >= 0.3 is 12.1 Å². The minimum absolute atomic E-state index is 0.0969. The third-order valence-electron chi connectivity index (χ3n) is 9.39. The van der Waals surface area contributed by atoms with Crippen LogP contribution in [0.3, 0.4) is 0 Å². The Morgan fingerprint density at radius 3 is 1.62 bits per heavy atom. The molecule has 48 heavy (non-hydrogen) atoms. The molecule has 4 aliphatic heterocycles. The first kappa shape index (κ1) is 31.3. The van der Waals surface area contributed by atoms with Crippen molar-refractivity contribution in [2.45, 2.75) is 43.1 Å². The topological polar surface area (TPSA) is 108 Å². The van der Waals surface area contributed by atoms with E-state index in [1.54, 1.807) is 34.9 Å². The van der Waals surface area contributed by atoms with Crippen molar-refractivity contribution >= 4 is 5.91 Å². The molecule has 2 aromatic heterocycles. The summed E-state index contributed by atoms with van der Waals surface area (Å²) in [6.07, 6.45) is -3.13.